The van der Waals surface area contributed by atoms with Crippen LogP contribution in [0.2, 0.25) is 0 Å². The Bertz CT molecular complexity index is 1010. The Morgan fingerprint density at radius 2 is 1.21 bits per heavy atom. The summed E-state index contributed by atoms with van der Waals surface area (Å²) in [6.07, 6.45) is 8.56. The minimum atomic E-state index is 0.500. The van der Waals surface area contributed by atoms with Crippen LogP contribution in [0.5, 0.6) is 0 Å². The summed E-state index contributed by atoms with van der Waals surface area (Å²) in [6, 6.07) is 14.9. The largest absolute Gasteiger partial charge is 0.370 e. The molecule has 8 nitrogen and oxygen atoms in total. The molecule has 1 unspecified atom stereocenters. The van der Waals surface area contributed by atoms with Crippen LogP contribution >= 0.6 is 0 Å². The summed E-state index contributed by atoms with van der Waals surface area (Å²) < 4.78 is 0. The van der Waals surface area contributed by atoms with Crippen LogP contribution in [0.25, 0.3) is 0 Å². The molecule has 206 valence electrons. The molecule has 0 bridgehead atoms. The predicted molar refractivity (Wildman–Crippen MR) is 160 cm³/mol. The summed E-state index contributed by atoms with van der Waals surface area (Å²) in [5, 5.41) is 13.1. The summed E-state index contributed by atoms with van der Waals surface area (Å²) in [5.41, 5.74) is 2.60. The van der Waals surface area contributed by atoms with E-state index in [1.807, 2.05) is 6.07 Å². The van der Waals surface area contributed by atoms with Gasteiger partial charge in [0.05, 0.1) is 5.69 Å². The molecule has 38 heavy (non-hydrogen) atoms. The average Bonchev–Trinajstić information content (AvgIpc) is 2.93. The highest BCUT2D eigenvalue weighted by Gasteiger charge is 2.34. The molecule has 3 aromatic rings. The Balaban J connectivity index is 0.000000244. The molecule has 4 rings (SSSR count). The Hall–Kier alpha value is -3.42. The molecule has 1 aliphatic carbocycles. The number of nitrogens with one attached hydrogen (secondary N) is 4. The molecule has 2 atom stereocenters. The van der Waals surface area contributed by atoms with Crippen molar-refractivity contribution in [3.05, 3.63) is 59.9 Å². The van der Waals surface area contributed by atoms with E-state index in [1.165, 1.54) is 24.1 Å². The van der Waals surface area contributed by atoms with Crippen LogP contribution < -0.4 is 21.3 Å². The van der Waals surface area contributed by atoms with Gasteiger partial charge in [-0.1, -0.05) is 58.0 Å². The van der Waals surface area contributed by atoms with Crippen molar-refractivity contribution in [3.63, 3.8) is 0 Å². The highest BCUT2D eigenvalue weighted by Crippen LogP contribution is 2.48. The van der Waals surface area contributed by atoms with Crippen LogP contribution in [-0.2, 0) is 0 Å². The lowest BCUT2D eigenvalue weighted by Gasteiger charge is -2.37. The zero-order chi connectivity index (χ0) is 27.0. The van der Waals surface area contributed by atoms with Crippen molar-refractivity contribution < 1.29 is 0 Å². The molecule has 1 aliphatic rings. The molecule has 0 saturated heterocycles. The molecule has 1 fully saturated rings. The van der Waals surface area contributed by atoms with Crippen molar-refractivity contribution >= 4 is 23.5 Å². The van der Waals surface area contributed by atoms with E-state index in [9.17, 15) is 0 Å². The maximum Gasteiger partial charge on any atom is 0.224 e. The van der Waals surface area contributed by atoms with E-state index in [0.29, 0.717) is 17.8 Å². The lowest BCUT2D eigenvalue weighted by molar-refractivity contribution is 0.340. The quantitative estimate of drug-likeness (QED) is 0.183. The van der Waals surface area contributed by atoms with E-state index in [-0.39, 0.29) is 0 Å². The first-order valence-corrected chi connectivity index (χ1v) is 14.4. The summed E-state index contributed by atoms with van der Waals surface area (Å²) >= 11 is 0. The number of aromatic nitrogens is 4. The van der Waals surface area contributed by atoms with Crippen molar-refractivity contribution in [2.75, 3.05) is 47.4 Å². The topological polar surface area (TPSA) is 99.7 Å². The highest BCUT2D eigenvalue weighted by molar-refractivity contribution is 5.45. The molecule has 2 aromatic heterocycles. The summed E-state index contributed by atoms with van der Waals surface area (Å²) in [5.74, 6) is 4.37. The van der Waals surface area contributed by atoms with Gasteiger partial charge in [0.25, 0.3) is 0 Å². The van der Waals surface area contributed by atoms with Gasteiger partial charge < -0.3 is 21.3 Å². The normalized spacial score (nSPS) is 16.0. The van der Waals surface area contributed by atoms with Gasteiger partial charge in [-0.3, -0.25) is 0 Å². The third kappa shape index (κ3) is 9.15. The van der Waals surface area contributed by atoms with Crippen LogP contribution in [0.3, 0.4) is 0 Å². The molecule has 1 saturated carbocycles. The number of rotatable bonds is 14. The molecule has 0 aliphatic heterocycles. The number of nitrogens with zero attached hydrogens (tertiary/aromatic N) is 4. The second kappa shape index (κ2) is 16.4. The first kappa shape index (κ1) is 29.1. The zero-order valence-electron chi connectivity index (χ0n) is 23.6. The Morgan fingerprint density at radius 3 is 1.84 bits per heavy atom. The average molecular weight is 519 g/mol. The number of anilines is 4. The van der Waals surface area contributed by atoms with Crippen LogP contribution in [-0.4, -0.2) is 46.1 Å². The zero-order valence-corrected chi connectivity index (χ0v) is 23.6. The maximum absolute atomic E-state index is 4.81. The Kier molecular flexibility index (Phi) is 12.6. The smallest absolute Gasteiger partial charge is 0.224 e. The SMILES string of the molecule is CCCNc1cc([C@H]2CCC2c2ccccc2)nc(NCCC)n1.CCCNc1ccnc(NCCC)n1. The molecule has 4 N–H and O–H groups in total. The van der Waals surface area contributed by atoms with Gasteiger partial charge >= 0.3 is 0 Å². The number of benzene rings is 1. The van der Waals surface area contributed by atoms with E-state index >= 15 is 0 Å². The lowest BCUT2D eigenvalue weighted by atomic mass is 9.68. The van der Waals surface area contributed by atoms with Gasteiger partial charge in [0.1, 0.15) is 11.6 Å². The van der Waals surface area contributed by atoms with Crippen LogP contribution in [0.1, 0.15) is 89.3 Å². The first-order chi connectivity index (χ1) is 18.7. The van der Waals surface area contributed by atoms with Gasteiger partial charge in [-0.2, -0.15) is 9.97 Å². The van der Waals surface area contributed by atoms with Crippen LogP contribution in [0.4, 0.5) is 23.5 Å². The summed E-state index contributed by atoms with van der Waals surface area (Å²) in [6.45, 7) is 12.3. The van der Waals surface area contributed by atoms with Crippen molar-refractivity contribution in [1.29, 1.82) is 0 Å². The molecular formula is C30H46N8. The fraction of sp³-hybridized carbons (Fsp3) is 0.533. The summed E-state index contributed by atoms with van der Waals surface area (Å²) in [7, 11) is 0. The predicted octanol–water partition coefficient (Wildman–Crippen LogP) is 6.90. The molecule has 1 aromatic carbocycles. The minimum absolute atomic E-state index is 0.500. The van der Waals surface area contributed by atoms with Gasteiger partial charge in [0.2, 0.25) is 11.9 Å². The standard InChI is InChI=1S/C20H28N4.C10H18N4/c1-3-12-21-19-14-18(23-20(24-19)22-13-4-2)17-11-10-16(17)15-8-6-5-7-9-15;1-3-6-11-9-5-8-13-10(14-9)12-7-4-2/h5-9,14,16-17H,3-4,10-13H2,1-2H3,(H2,21,22,23,24);5,8H,3-4,6-7H2,1-2H3,(H2,11,12,13,14)/t16?,17-;/m0./s1. The van der Waals surface area contributed by atoms with Gasteiger partial charge in [0, 0.05) is 44.4 Å². The van der Waals surface area contributed by atoms with Crippen molar-refractivity contribution in [3.8, 4) is 0 Å². The van der Waals surface area contributed by atoms with E-state index in [1.54, 1.807) is 6.20 Å². The van der Waals surface area contributed by atoms with Gasteiger partial charge in [-0.05, 0) is 56.1 Å². The highest BCUT2D eigenvalue weighted by atomic mass is 15.1. The lowest BCUT2D eigenvalue weighted by Crippen LogP contribution is -2.23. The first-order valence-electron chi connectivity index (χ1n) is 14.4. The van der Waals surface area contributed by atoms with Crippen molar-refractivity contribution in [2.45, 2.75) is 78.1 Å². The minimum Gasteiger partial charge on any atom is -0.370 e. The van der Waals surface area contributed by atoms with Crippen molar-refractivity contribution in [1.82, 2.24) is 19.9 Å². The number of hydrogen-bond donors (Lipinski definition) is 4. The van der Waals surface area contributed by atoms with Crippen LogP contribution in [0.15, 0.2) is 48.7 Å². The Labute approximate surface area is 228 Å². The third-order valence-electron chi connectivity index (χ3n) is 6.46. The van der Waals surface area contributed by atoms with E-state index in [4.69, 9.17) is 4.98 Å². The molecule has 0 spiro atoms. The maximum atomic E-state index is 4.81. The third-order valence-corrected chi connectivity index (χ3v) is 6.46. The van der Waals surface area contributed by atoms with E-state index in [2.05, 4.69) is 100 Å². The number of hydrogen-bond acceptors (Lipinski definition) is 8. The Morgan fingerprint density at radius 1 is 0.632 bits per heavy atom. The van der Waals surface area contributed by atoms with Crippen LogP contribution in [0, 0.1) is 0 Å². The van der Waals surface area contributed by atoms with Crippen molar-refractivity contribution in [2.24, 2.45) is 0 Å². The van der Waals surface area contributed by atoms with Gasteiger partial charge in [-0.15, -0.1) is 0 Å². The molecule has 2 heterocycles. The monoisotopic (exact) mass is 518 g/mol. The molecular weight excluding hydrogens is 472 g/mol. The second-order valence-corrected chi connectivity index (χ2v) is 9.68. The van der Waals surface area contributed by atoms with Gasteiger partial charge in [0.15, 0.2) is 0 Å². The van der Waals surface area contributed by atoms with E-state index < -0.39 is 0 Å². The second-order valence-electron chi connectivity index (χ2n) is 9.68. The molecule has 0 radical (unpaired) electrons. The molecule has 0 amide bonds. The fourth-order valence-corrected chi connectivity index (χ4v) is 4.30. The summed E-state index contributed by atoms with van der Waals surface area (Å²) in [4.78, 5) is 17.9. The molecule has 8 heteroatoms. The fourth-order valence-electron chi connectivity index (χ4n) is 4.30. The van der Waals surface area contributed by atoms with E-state index in [0.717, 1.165) is 69.4 Å². The van der Waals surface area contributed by atoms with Gasteiger partial charge in [-0.25, -0.2) is 9.97 Å².